The molecule has 2 rings (SSSR count). The topological polar surface area (TPSA) is 66.4 Å². The van der Waals surface area contributed by atoms with Crippen molar-refractivity contribution in [2.24, 2.45) is 0 Å². The summed E-state index contributed by atoms with van der Waals surface area (Å²) in [7, 11) is 0. The molecule has 4 nitrogen and oxygen atoms in total. The zero-order valence-corrected chi connectivity index (χ0v) is 14.3. The lowest BCUT2D eigenvalue weighted by atomic mass is 9.91. The minimum Gasteiger partial charge on any atom is -0.480 e. The maximum Gasteiger partial charge on any atom is 0.329 e. The van der Waals surface area contributed by atoms with E-state index in [1.807, 2.05) is 19.9 Å². The van der Waals surface area contributed by atoms with Gasteiger partial charge in [-0.1, -0.05) is 31.5 Å². The molecule has 1 aromatic rings. The number of hydrogen-bond acceptors (Lipinski definition) is 3. The molecule has 1 heterocycles. The maximum absolute atomic E-state index is 12.4. The molecule has 1 aliphatic rings. The monoisotopic (exact) mass is 341 g/mol. The highest BCUT2D eigenvalue weighted by Crippen LogP contribution is 2.29. The lowest BCUT2D eigenvalue weighted by Gasteiger charge is -2.33. The number of rotatable bonds is 4. The van der Waals surface area contributed by atoms with Crippen molar-refractivity contribution in [3.8, 4) is 0 Å². The molecule has 22 heavy (non-hydrogen) atoms. The van der Waals surface area contributed by atoms with Crippen molar-refractivity contribution in [2.45, 2.75) is 38.1 Å². The molecule has 1 aliphatic heterocycles. The van der Waals surface area contributed by atoms with Crippen LogP contribution >= 0.6 is 23.4 Å². The van der Waals surface area contributed by atoms with E-state index in [9.17, 15) is 14.7 Å². The number of benzene rings is 1. The van der Waals surface area contributed by atoms with Gasteiger partial charge in [0.1, 0.15) is 5.54 Å². The number of hydrogen-bond donors (Lipinski definition) is 2. The average molecular weight is 342 g/mol. The second-order valence-electron chi connectivity index (χ2n) is 5.84. The van der Waals surface area contributed by atoms with Crippen molar-refractivity contribution in [3.63, 3.8) is 0 Å². The highest BCUT2D eigenvalue weighted by Gasteiger charge is 2.41. The molecule has 0 spiro atoms. The largest absolute Gasteiger partial charge is 0.480 e. The fourth-order valence-electron chi connectivity index (χ4n) is 2.54. The number of carboxylic acids is 1. The summed E-state index contributed by atoms with van der Waals surface area (Å²) in [5.74, 6) is 0.391. The van der Waals surface area contributed by atoms with E-state index in [1.54, 1.807) is 23.9 Å². The van der Waals surface area contributed by atoms with E-state index in [0.717, 1.165) is 17.1 Å². The first kappa shape index (κ1) is 17.2. The second kappa shape index (κ2) is 6.92. The number of nitrogens with one attached hydrogen (secondary N) is 1. The van der Waals surface area contributed by atoms with Gasteiger partial charge in [-0.3, -0.25) is 4.79 Å². The number of carbonyl (C=O) groups excluding carboxylic acids is 1. The van der Waals surface area contributed by atoms with Crippen LogP contribution in [0, 0.1) is 0 Å². The third-order valence-electron chi connectivity index (χ3n) is 3.99. The molecule has 0 aromatic heterocycles. The molecule has 0 radical (unpaired) electrons. The molecule has 120 valence electrons. The molecular weight excluding hydrogens is 322 g/mol. The molecule has 0 unspecified atom stereocenters. The average Bonchev–Trinajstić information content (AvgIpc) is 2.47. The van der Waals surface area contributed by atoms with Gasteiger partial charge in [-0.25, -0.2) is 4.79 Å². The van der Waals surface area contributed by atoms with Crippen LogP contribution in [0.1, 0.15) is 48.5 Å². The minimum absolute atomic E-state index is 0.269. The molecule has 0 bridgehead atoms. The van der Waals surface area contributed by atoms with E-state index in [4.69, 9.17) is 11.6 Å². The smallest absolute Gasteiger partial charge is 0.329 e. The number of carboxylic acid groups (broad SMARTS) is 1. The molecule has 2 N–H and O–H groups in total. The first-order valence-corrected chi connectivity index (χ1v) is 8.82. The minimum atomic E-state index is -1.16. The molecular formula is C16H20ClNO3S. The zero-order chi connectivity index (χ0) is 16.3. The number of carbonyl (C=O) groups is 2. The van der Waals surface area contributed by atoms with Gasteiger partial charge in [-0.15, -0.1) is 0 Å². The molecule has 1 fully saturated rings. The van der Waals surface area contributed by atoms with Crippen molar-refractivity contribution < 1.29 is 14.7 Å². The Balaban J connectivity index is 2.20. The normalized spacial score (nSPS) is 17.3. The third kappa shape index (κ3) is 3.58. The Morgan fingerprint density at radius 3 is 2.45 bits per heavy atom. The second-order valence-corrected chi connectivity index (χ2v) is 7.48. The van der Waals surface area contributed by atoms with Gasteiger partial charge in [-0.05, 0) is 48.0 Å². The van der Waals surface area contributed by atoms with Gasteiger partial charge in [-0.2, -0.15) is 11.8 Å². The Morgan fingerprint density at radius 2 is 1.95 bits per heavy atom. The molecule has 6 heteroatoms. The molecule has 1 aromatic carbocycles. The predicted molar refractivity (Wildman–Crippen MR) is 89.9 cm³/mol. The molecule has 1 saturated heterocycles. The Labute approximate surface area is 139 Å². The molecule has 0 aliphatic carbocycles. The first-order valence-electron chi connectivity index (χ1n) is 7.29. The van der Waals surface area contributed by atoms with E-state index < -0.39 is 11.5 Å². The summed E-state index contributed by atoms with van der Waals surface area (Å²) in [6.45, 7) is 4.06. The Morgan fingerprint density at radius 1 is 1.32 bits per heavy atom. The van der Waals surface area contributed by atoms with E-state index >= 15 is 0 Å². The molecule has 0 saturated carbocycles. The Bertz CT molecular complexity index is 583. The summed E-state index contributed by atoms with van der Waals surface area (Å²) in [6, 6.07) is 5.13. The lowest BCUT2D eigenvalue weighted by molar-refractivity contribution is -0.144. The van der Waals surface area contributed by atoms with Crippen LogP contribution in [-0.2, 0) is 4.79 Å². The summed E-state index contributed by atoms with van der Waals surface area (Å²) in [5, 5.41) is 12.8. The quantitative estimate of drug-likeness (QED) is 0.879. The Hall–Kier alpha value is -1.20. The number of amides is 1. The highest BCUT2D eigenvalue weighted by atomic mass is 35.5. The van der Waals surface area contributed by atoms with Gasteiger partial charge in [0.25, 0.3) is 5.91 Å². The SMILES string of the molecule is CC(C)c1ccc(C(=O)NC2(C(=O)O)CCSCC2)cc1Cl. The van der Waals surface area contributed by atoms with Crippen LogP contribution in [0.2, 0.25) is 5.02 Å². The van der Waals surface area contributed by atoms with Gasteiger partial charge in [0.15, 0.2) is 0 Å². The first-order chi connectivity index (χ1) is 10.4. The molecule has 0 atom stereocenters. The predicted octanol–water partition coefficient (Wildman–Crippen LogP) is 3.54. The molecule has 1 amide bonds. The van der Waals surface area contributed by atoms with E-state index in [1.165, 1.54) is 0 Å². The van der Waals surface area contributed by atoms with E-state index in [2.05, 4.69) is 5.32 Å². The number of thioether (sulfide) groups is 1. The van der Waals surface area contributed by atoms with Gasteiger partial charge >= 0.3 is 5.97 Å². The van der Waals surface area contributed by atoms with Crippen molar-refractivity contribution in [2.75, 3.05) is 11.5 Å². The van der Waals surface area contributed by atoms with Crippen molar-refractivity contribution in [1.82, 2.24) is 5.32 Å². The van der Waals surface area contributed by atoms with Crippen LogP contribution in [0.25, 0.3) is 0 Å². The number of halogens is 1. The van der Waals surface area contributed by atoms with Crippen LogP contribution in [0.5, 0.6) is 0 Å². The van der Waals surface area contributed by atoms with Gasteiger partial charge in [0.05, 0.1) is 0 Å². The maximum atomic E-state index is 12.4. The zero-order valence-electron chi connectivity index (χ0n) is 12.7. The fourth-order valence-corrected chi connectivity index (χ4v) is 4.13. The lowest BCUT2D eigenvalue weighted by Crippen LogP contribution is -2.56. The van der Waals surface area contributed by atoms with Crippen molar-refractivity contribution in [3.05, 3.63) is 34.3 Å². The van der Waals surface area contributed by atoms with Crippen LogP contribution < -0.4 is 5.32 Å². The van der Waals surface area contributed by atoms with Gasteiger partial charge in [0.2, 0.25) is 0 Å². The van der Waals surface area contributed by atoms with Gasteiger partial charge in [0, 0.05) is 10.6 Å². The van der Waals surface area contributed by atoms with Gasteiger partial charge < -0.3 is 10.4 Å². The highest BCUT2D eigenvalue weighted by molar-refractivity contribution is 7.99. The van der Waals surface area contributed by atoms with E-state index in [-0.39, 0.29) is 11.8 Å². The standard InChI is InChI=1S/C16H20ClNO3S/c1-10(2)12-4-3-11(9-13(12)17)14(19)18-16(15(20)21)5-7-22-8-6-16/h3-4,9-10H,5-8H2,1-2H3,(H,18,19)(H,20,21). The summed E-state index contributed by atoms with van der Waals surface area (Å²) >= 11 is 7.92. The summed E-state index contributed by atoms with van der Waals surface area (Å²) in [4.78, 5) is 24.0. The van der Waals surface area contributed by atoms with Crippen LogP contribution in [0.15, 0.2) is 18.2 Å². The van der Waals surface area contributed by atoms with Crippen LogP contribution in [-0.4, -0.2) is 34.0 Å². The van der Waals surface area contributed by atoms with Crippen molar-refractivity contribution in [1.29, 1.82) is 0 Å². The number of aliphatic carboxylic acids is 1. The van der Waals surface area contributed by atoms with E-state index in [0.29, 0.717) is 23.4 Å². The summed E-state index contributed by atoms with van der Waals surface area (Å²) in [5.41, 5.74) is 0.208. The summed E-state index contributed by atoms with van der Waals surface area (Å²) in [6.07, 6.45) is 0.882. The van der Waals surface area contributed by atoms with Crippen LogP contribution in [0.4, 0.5) is 0 Å². The third-order valence-corrected chi connectivity index (χ3v) is 5.31. The van der Waals surface area contributed by atoms with Crippen LogP contribution in [0.3, 0.4) is 0 Å². The van der Waals surface area contributed by atoms with Crippen molar-refractivity contribution >= 4 is 35.2 Å². The summed E-state index contributed by atoms with van der Waals surface area (Å²) < 4.78 is 0. The fraction of sp³-hybridized carbons (Fsp3) is 0.500. The Kier molecular flexibility index (Phi) is 5.40.